The van der Waals surface area contributed by atoms with Crippen LogP contribution in [-0.2, 0) is 0 Å². The predicted octanol–water partition coefficient (Wildman–Crippen LogP) is 2.19. The Morgan fingerprint density at radius 1 is 1.33 bits per heavy atom. The Hall–Kier alpha value is -2.11. The fraction of sp³-hybridized carbons (Fsp3) is 0.500. The molecule has 0 spiro atoms. The largest absolute Gasteiger partial charge is 0.491 e. The lowest BCUT2D eigenvalue weighted by Gasteiger charge is -2.13. The topological polar surface area (TPSA) is 96.8 Å². The molecular formula is C16H19N5O2S. The molecule has 0 aliphatic heterocycles. The summed E-state index contributed by atoms with van der Waals surface area (Å²) < 4.78 is 7.42. The minimum atomic E-state index is -0.626. The molecular weight excluding hydrogens is 326 g/mol. The van der Waals surface area contributed by atoms with E-state index in [-0.39, 0.29) is 6.61 Å². The van der Waals surface area contributed by atoms with Crippen LogP contribution in [0.2, 0.25) is 0 Å². The first-order valence-electron chi connectivity index (χ1n) is 7.98. The molecule has 2 aromatic rings. The van der Waals surface area contributed by atoms with E-state index in [1.54, 1.807) is 24.3 Å². The van der Waals surface area contributed by atoms with Gasteiger partial charge >= 0.3 is 0 Å². The second-order valence-electron chi connectivity index (χ2n) is 5.76. The second kappa shape index (κ2) is 8.13. The molecule has 1 saturated carbocycles. The average Bonchev–Trinajstić information content (AvgIpc) is 3.29. The van der Waals surface area contributed by atoms with Crippen molar-refractivity contribution < 1.29 is 9.84 Å². The van der Waals surface area contributed by atoms with Gasteiger partial charge in [-0.25, -0.2) is 4.68 Å². The van der Waals surface area contributed by atoms with E-state index < -0.39 is 6.10 Å². The first-order chi connectivity index (χ1) is 11.8. The summed E-state index contributed by atoms with van der Waals surface area (Å²) in [7, 11) is 0. The summed E-state index contributed by atoms with van der Waals surface area (Å²) in [4.78, 5) is 0. The van der Waals surface area contributed by atoms with E-state index in [9.17, 15) is 5.11 Å². The van der Waals surface area contributed by atoms with Gasteiger partial charge in [0.15, 0.2) is 0 Å². The molecule has 126 valence electrons. The summed E-state index contributed by atoms with van der Waals surface area (Å²) in [6.45, 7) is 0.184. The molecule has 3 rings (SSSR count). The van der Waals surface area contributed by atoms with Crippen molar-refractivity contribution in [2.75, 3.05) is 12.4 Å². The Bertz CT molecular complexity index is 691. The number of nitrogens with zero attached hydrogens (tertiary/aromatic N) is 5. The van der Waals surface area contributed by atoms with Crippen LogP contribution in [0.3, 0.4) is 0 Å². The van der Waals surface area contributed by atoms with Crippen LogP contribution in [0, 0.1) is 11.3 Å². The lowest BCUT2D eigenvalue weighted by atomic mass is 10.2. The number of ether oxygens (including phenoxy) is 1. The van der Waals surface area contributed by atoms with E-state index in [1.165, 1.54) is 24.6 Å². The lowest BCUT2D eigenvalue weighted by Crippen LogP contribution is -2.20. The Balaban J connectivity index is 1.46. The first-order valence-corrected chi connectivity index (χ1v) is 8.96. The third-order valence-corrected chi connectivity index (χ3v) is 5.04. The van der Waals surface area contributed by atoms with Crippen molar-refractivity contribution in [3.8, 4) is 11.8 Å². The number of hydrogen-bond acceptors (Lipinski definition) is 7. The van der Waals surface area contributed by atoms with Gasteiger partial charge in [-0.1, -0.05) is 24.6 Å². The van der Waals surface area contributed by atoms with E-state index in [1.807, 2.05) is 4.68 Å². The summed E-state index contributed by atoms with van der Waals surface area (Å²) in [6, 6.07) is 9.25. The van der Waals surface area contributed by atoms with Crippen LogP contribution in [0.15, 0.2) is 29.4 Å². The summed E-state index contributed by atoms with van der Waals surface area (Å²) in [5.41, 5.74) is 0.581. The number of tetrazole rings is 1. The number of aliphatic hydroxyl groups excluding tert-OH is 1. The number of hydrogen-bond donors (Lipinski definition) is 1. The standard InChI is InChI=1S/C16H19N5O2S/c17-9-12-5-7-15(8-6-12)23-10-14(22)11-24-16-18-19-20-21(16)13-3-1-2-4-13/h5-8,13-14,22H,1-4,10-11H2. The van der Waals surface area contributed by atoms with Crippen molar-refractivity contribution in [2.45, 2.75) is 43.0 Å². The Kier molecular flexibility index (Phi) is 5.67. The van der Waals surface area contributed by atoms with Gasteiger partial charge in [0.05, 0.1) is 23.8 Å². The quantitative estimate of drug-likeness (QED) is 0.768. The normalized spacial score (nSPS) is 16.0. The van der Waals surface area contributed by atoms with Gasteiger partial charge in [0.2, 0.25) is 5.16 Å². The van der Waals surface area contributed by atoms with Crippen LogP contribution in [0.25, 0.3) is 0 Å². The molecule has 1 fully saturated rings. The third kappa shape index (κ3) is 4.24. The molecule has 0 amide bonds. The van der Waals surface area contributed by atoms with Crippen molar-refractivity contribution in [1.82, 2.24) is 20.2 Å². The lowest BCUT2D eigenvalue weighted by molar-refractivity contribution is 0.126. The minimum absolute atomic E-state index is 0.184. The van der Waals surface area contributed by atoms with Crippen LogP contribution < -0.4 is 4.74 Å². The maximum atomic E-state index is 10.1. The first kappa shape index (κ1) is 16.7. The van der Waals surface area contributed by atoms with Crippen molar-refractivity contribution >= 4 is 11.8 Å². The van der Waals surface area contributed by atoms with Gasteiger partial charge in [0, 0.05) is 5.75 Å². The van der Waals surface area contributed by atoms with Crippen LogP contribution in [-0.4, -0.2) is 43.8 Å². The van der Waals surface area contributed by atoms with Gasteiger partial charge < -0.3 is 9.84 Å². The third-order valence-electron chi connectivity index (χ3n) is 3.96. The van der Waals surface area contributed by atoms with Gasteiger partial charge in [0.25, 0.3) is 0 Å². The zero-order valence-electron chi connectivity index (χ0n) is 13.2. The van der Waals surface area contributed by atoms with E-state index in [0.29, 0.717) is 23.1 Å². The number of aromatic nitrogens is 4. The molecule has 1 N–H and O–H groups in total. The summed E-state index contributed by atoms with van der Waals surface area (Å²) in [5, 5.41) is 31.5. The fourth-order valence-corrected chi connectivity index (χ4v) is 3.55. The van der Waals surface area contributed by atoms with E-state index in [2.05, 4.69) is 21.6 Å². The zero-order chi connectivity index (χ0) is 16.8. The van der Waals surface area contributed by atoms with Gasteiger partial charge in [-0.3, -0.25) is 0 Å². The molecule has 1 aliphatic rings. The molecule has 8 heteroatoms. The number of thioether (sulfide) groups is 1. The van der Waals surface area contributed by atoms with E-state index in [4.69, 9.17) is 10.00 Å². The Morgan fingerprint density at radius 2 is 2.08 bits per heavy atom. The highest BCUT2D eigenvalue weighted by atomic mass is 32.2. The second-order valence-corrected chi connectivity index (χ2v) is 6.74. The SMILES string of the molecule is N#Cc1ccc(OCC(O)CSc2nnnn2C2CCCC2)cc1. The van der Waals surface area contributed by atoms with Crippen molar-refractivity contribution in [3.05, 3.63) is 29.8 Å². The van der Waals surface area contributed by atoms with Crippen LogP contribution in [0.1, 0.15) is 37.3 Å². The van der Waals surface area contributed by atoms with Gasteiger partial charge in [-0.05, 0) is 47.5 Å². The monoisotopic (exact) mass is 345 g/mol. The van der Waals surface area contributed by atoms with Crippen molar-refractivity contribution in [3.63, 3.8) is 0 Å². The van der Waals surface area contributed by atoms with E-state index in [0.717, 1.165) is 18.0 Å². The van der Waals surface area contributed by atoms with Gasteiger partial charge in [-0.2, -0.15) is 5.26 Å². The molecule has 0 saturated heterocycles. The highest BCUT2D eigenvalue weighted by Crippen LogP contribution is 2.31. The minimum Gasteiger partial charge on any atom is -0.491 e. The molecule has 0 radical (unpaired) electrons. The summed E-state index contributed by atoms with van der Waals surface area (Å²) in [5.74, 6) is 1.09. The molecule has 1 aromatic carbocycles. The Labute approximate surface area is 144 Å². The number of nitriles is 1. The molecule has 1 unspecified atom stereocenters. The Morgan fingerprint density at radius 3 is 2.79 bits per heavy atom. The smallest absolute Gasteiger partial charge is 0.209 e. The number of aliphatic hydroxyl groups is 1. The zero-order valence-corrected chi connectivity index (χ0v) is 14.0. The molecule has 1 heterocycles. The van der Waals surface area contributed by atoms with Crippen LogP contribution in [0.5, 0.6) is 5.75 Å². The summed E-state index contributed by atoms with van der Waals surface area (Å²) >= 11 is 1.44. The summed E-state index contributed by atoms with van der Waals surface area (Å²) in [6.07, 6.45) is 4.04. The van der Waals surface area contributed by atoms with Crippen LogP contribution in [0.4, 0.5) is 0 Å². The molecule has 1 atom stereocenters. The molecule has 1 aliphatic carbocycles. The fourth-order valence-electron chi connectivity index (χ4n) is 2.70. The molecule has 1 aromatic heterocycles. The van der Waals surface area contributed by atoms with Crippen molar-refractivity contribution in [1.29, 1.82) is 5.26 Å². The maximum Gasteiger partial charge on any atom is 0.209 e. The molecule has 7 nitrogen and oxygen atoms in total. The number of benzene rings is 1. The highest BCUT2D eigenvalue weighted by Gasteiger charge is 2.22. The predicted molar refractivity (Wildman–Crippen MR) is 88.7 cm³/mol. The average molecular weight is 345 g/mol. The van der Waals surface area contributed by atoms with E-state index >= 15 is 0 Å². The maximum absolute atomic E-state index is 10.1. The number of rotatable bonds is 7. The van der Waals surface area contributed by atoms with Gasteiger partial charge in [-0.15, -0.1) is 5.10 Å². The molecule has 24 heavy (non-hydrogen) atoms. The van der Waals surface area contributed by atoms with Gasteiger partial charge in [0.1, 0.15) is 12.4 Å². The molecule has 0 bridgehead atoms. The van der Waals surface area contributed by atoms with Crippen LogP contribution >= 0.6 is 11.8 Å². The van der Waals surface area contributed by atoms with Crippen molar-refractivity contribution in [2.24, 2.45) is 0 Å². The highest BCUT2D eigenvalue weighted by molar-refractivity contribution is 7.99.